The average Bonchev–Trinajstić information content (AvgIpc) is 2.71. The highest BCUT2D eigenvalue weighted by Gasteiger charge is 2.12. The highest BCUT2D eigenvalue weighted by atomic mass is 79.9. The second-order valence-electron chi connectivity index (χ2n) is 6.81. The van der Waals surface area contributed by atoms with Gasteiger partial charge in [-0.1, -0.05) is 6.07 Å². The Labute approximate surface area is 182 Å². The molecule has 0 aliphatic heterocycles. The van der Waals surface area contributed by atoms with Crippen LogP contribution in [0.5, 0.6) is 5.75 Å². The Bertz CT molecular complexity index is 1070. The lowest BCUT2D eigenvalue weighted by Crippen LogP contribution is -2.15. The molecule has 0 heterocycles. The number of carbonyl (C=O) groups is 2. The van der Waals surface area contributed by atoms with Crippen molar-refractivity contribution in [3.63, 3.8) is 0 Å². The van der Waals surface area contributed by atoms with Crippen LogP contribution in [0, 0.1) is 5.82 Å². The second kappa shape index (κ2) is 9.54. The van der Waals surface area contributed by atoms with E-state index in [0.717, 1.165) is 0 Å². The van der Waals surface area contributed by atoms with E-state index in [1.807, 2.05) is 13.8 Å². The normalized spacial score (nSPS) is 10.6. The quantitative estimate of drug-likeness (QED) is 0.472. The molecule has 0 unspecified atom stereocenters. The summed E-state index contributed by atoms with van der Waals surface area (Å²) in [6.45, 7) is 3.85. The van der Waals surface area contributed by atoms with Crippen molar-refractivity contribution in [1.29, 1.82) is 0 Å². The molecule has 2 N–H and O–H groups in total. The number of ether oxygens (including phenoxy) is 1. The Kier molecular flexibility index (Phi) is 6.84. The van der Waals surface area contributed by atoms with Gasteiger partial charge < -0.3 is 15.4 Å². The molecule has 5 nitrogen and oxygen atoms in total. The summed E-state index contributed by atoms with van der Waals surface area (Å²) in [5.41, 5.74) is 1.76. The van der Waals surface area contributed by atoms with Crippen molar-refractivity contribution >= 4 is 39.1 Å². The minimum Gasteiger partial charge on any atom is -0.490 e. The van der Waals surface area contributed by atoms with E-state index in [4.69, 9.17) is 4.74 Å². The Morgan fingerprint density at radius 1 is 0.867 bits per heavy atom. The third kappa shape index (κ3) is 5.67. The topological polar surface area (TPSA) is 67.4 Å². The summed E-state index contributed by atoms with van der Waals surface area (Å²) in [5, 5.41) is 5.47. The molecule has 2 amide bonds. The number of nitrogens with one attached hydrogen (secondary N) is 2. The summed E-state index contributed by atoms with van der Waals surface area (Å²) in [6.07, 6.45) is 0.0183. The van der Waals surface area contributed by atoms with Gasteiger partial charge in [0.05, 0.1) is 10.6 Å². The van der Waals surface area contributed by atoms with Crippen molar-refractivity contribution < 1.29 is 18.7 Å². The van der Waals surface area contributed by atoms with Crippen LogP contribution in [0.15, 0.2) is 71.2 Å². The molecule has 0 fully saturated rings. The summed E-state index contributed by atoms with van der Waals surface area (Å²) in [5.74, 6) is -0.410. The van der Waals surface area contributed by atoms with E-state index >= 15 is 0 Å². The van der Waals surface area contributed by atoms with Gasteiger partial charge in [0.2, 0.25) is 0 Å². The molecule has 0 saturated heterocycles. The van der Waals surface area contributed by atoms with Gasteiger partial charge in [0, 0.05) is 22.5 Å². The molecule has 30 heavy (non-hydrogen) atoms. The third-order valence-corrected chi connectivity index (χ3v) is 4.66. The molecule has 3 aromatic carbocycles. The molecule has 0 radical (unpaired) electrons. The zero-order chi connectivity index (χ0) is 21.7. The number of benzene rings is 3. The number of rotatable bonds is 6. The first-order valence-electron chi connectivity index (χ1n) is 9.26. The van der Waals surface area contributed by atoms with E-state index in [9.17, 15) is 14.0 Å². The van der Waals surface area contributed by atoms with Crippen molar-refractivity contribution in [2.75, 3.05) is 10.6 Å². The van der Waals surface area contributed by atoms with Gasteiger partial charge >= 0.3 is 0 Å². The molecular formula is C23H20BrFN2O3. The first-order chi connectivity index (χ1) is 14.3. The number of halogens is 2. The van der Waals surface area contributed by atoms with E-state index in [2.05, 4.69) is 26.6 Å². The van der Waals surface area contributed by atoms with Crippen molar-refractivity contribution in [2.24, 2.45) is 0 Å². The van der Waals surface area contributed by atoms with Crippen LogP contribution < -0.4 is 15.4 Å². The van der Waals surface area contributed by atoms with Crippen molar-refractivity contribution in [3.8, 4) is 5.75 Å². The molecule has 0 spiro atoms. The lowest BCUT2D eigenvalue weighted by Gasteiger charge is -2.13. The summed E-state index contributed by atoms with van der Waals surface area (Å²) < 4.78 is 19.3. The molecule has 0 aliphatic rings. The molecule has 0 saturated carbocycles. The molecule has 0 bridgehead atoms. The van der Waals surface area contributed by atoms with E-state index in [-0.39, 0.29) is 23.7 Å². The minimum atomic E-state index is -0.381. The Morgan fingerprint density at radius 2 is 1.50 bits per heavy atom. The smallest absolute Gasteiger partial charge is 0.255 e. The van der Waals surface area contributed by atoms with Gasteiger partial charge in [0.15, 0.2) is 0 Å². The van der Waals surface area contributed by atoms with Crippen LogP contribution in [0.25, 0.3) is 0 Å². The fourth-order valence-electron chi connectivity index (χ4n) is 2.67. The van der Waals surface area contributed by atoms with Gasteiger partial charge in [0.25, 0.3) is 11.8 Å². The molecule has 0 aliphatic carbocycles. The maximum Gasteiger partial charge on any atom is 0.255 e. The van der Waals surface area contributed by atoms with Crippen molar-refractivity contribution in [2.45, 2.75) is 20.0 Å². The van der Waals surface area contributed by atoms with Gasteiger partial charge in [-0.3, -0.25) is 9.59 Å². The van der Waals surface area contributed by atoms with Crippen LogP contribution >= 0.6 is 15.9 Å². The zero-order valence-corrected chi connectivity index (χ0v) is 18.0. The Hall–Kier alpha value is -3.19. The van der Waals surface area contributed by atoms with Gasteiger partial charge in [0.1, 0.15) is 11.6 Å². The second-order valence-corrected chi connectivity index (χ2v) is 7.66. The summed E-state index contributed by atoms with van der Waals surface area (Å²) in [4.78, 5) is 25.0. The summed E-state index contributed by atoms with van der Waals surface area (Å²) in [7, 11) is 0. The van der Waals surface area contributed by atoms with Crippen molar-refractivity contribution in [3.05, 3.63) is 88.1 Å². The summed E-state index contributed by atoms with van der Waals surface area (Å²) in [6, 6.07) is 17.1. The highest BCUT2D eigenvalue weighted by Crippen LogP contribution is 2.27. The Morgan fingerprint density at radius 3 is 2.13 bits per heavy atom. The molecular weight excluding hydrogens is 451 g/mol. The first-order valence-corrected chi connectivity index (χ1v) is 10.1. The van der Waals surface area contributed by atoms with Crippen LogP contribution in [0.3, 0.4) is 0 Å². The molecule has 3 aromatic rings. The number of hydrogen-bond donors (Lipinski definition) is 2. The lowest BCUT2D eigenvalue weighted by molar-refractivity contribution is 0.101. The van der Waals surface area contributed by atoms with E-state index < -0.39 is 0 Å². The van der Waals surface area contributed by atoms with E-state index in [0.29, 0.717) is 32.7 Å². The number of amides is 2. The fourth-order valence-corrected chi connectivity index (χ4v) is 3.14. The zero-order valence-electron chi connectivity index (χ0n) is 16.4. The first kappa shape index (κ1) is 21.5. The predicted octanol–water partition coefficient (Wildman–Crippen LogP) is 5.88. The standard InChI is InChI=1S/C23H20BrFN2O3/c1-14(2)30-21-11-6-16(13-20(21)24)23(29)27-19-5-3-4-15(12-19)22(28)26-18-9-7-17(25)8-10-18/h3-14H,1-2H3,(H,26,28)(H,27,29). The van der Waals surface area contributed by atoms with Crippen LogP contribution in [0.1, 0.15) is 34.6 Å². The monoisotopic (exact) mass is 470 g/mol. The fraction of sp³-hybridized carbons (Fsp3) is 0.130. The summed E-state index contributed by atoms with van der Waals surface area (Å²) >= 11 is 3.41. The van der Waals surface area contributed by atoms with Crippen LogP contribution in [0.2, 0.25) is 0 Å². The van der Waals surface area contributed by atoms with E-state index in [1.54, 1.807) is 42.5 Å². The molecule has 154 valence electrons. The largest absolute Gasteiger partial charge is 0.490 e. The van der Waals surface area contributed by atoms with E-state index in [1.165, 1.54) is 24.3 Å². The molecule has 0 aromatic heterocycles. The van der Waals surface area contributed by atoms with Gasteiger partial charge in [-0.15, -0.1) is 0 Å². The number of anilines is 2. The molecule has 3 rings (SSSR count). The minimum absolute atomic E-state index is 0.0183. The number of hydrogen-bond acceptors (Lipinski definition) is 3. The SMILES string of the molecule is CC(C)Oc1ccc(C(=O)Nc2cccc(C(=O)Nc3ccc(F)cc3)c2)cc1Br. The van der Waals surface area contributed by atoms with Gasteiger partial charge in [-0.2, -0.15) is 0 Å². The third-order valence-electron chi connectivity index (χ3n) is 4.04. The molecule has 0 atom stereocenters. The van der Waals surface area contributed by atoms with Crippen LogP contribution in [-0.2, 0) is 0 Å². The maximum atomic E-state index is 13.0. The predicted molar refractivity (Wildman–Crippen MR) is 119 cm³/mol. The van der Waals surface area contributed by atoms with Crippen LogP contribution in [-0.4, -0.2) is 17.9 Å². The molecule has 7 heteroatoms. The maximum absolute atomic E-state index is 13.0. The van der Waals surface area contributed by atoms with Crippen LogP contribution in [0.4, 0.5) is 15.8 Å². The lowest BCUT2D eigenvalue weighted by atomic mass is 10.1. The number of carbonyl (C=O) groups excluding carboxylic acids is 2. The Balaban J connectivity index is 1.70. The average molecular weight is 471 g/mol. The van der Waals surface area contributed by atoms with Gasteiger partial charge in [-0.25, -0.2) is 4.39 Å². The van der Waals surface area contributed by atoms with Crippen molar-refractivity contribution in [1.82, 2.24) is 0 Å². The highest BCUT2D eigenvalue weighted by molar-refractivity contribution is 9.10. The van der Waals surface area contributed by atoms with Gasteiger partial charge in [-0.05, 0) is 90.4 Å².